The van der Waals surface area contributed by atoms with Crippen LogP contribution in [0.4, 0.5) is 0 Å². The fourth-order valence-electron chi connectivity index (χ4n) is 1.74. The number of nitrogens with zero attached hydrogens (tertiary/aromatic N) is 1. The molecule has 2 rings (SSSR count). The zero-order valence-corrected chi connectivity index (χ0v) is 11.0. The van der Waals surface area contributed by atoms with Crippen LogP contribution in [0, 0.1) is 0 Å². The predicted molar refractivity (Wildman–Crippen MR) is 80.0 cm³/mol. The summed E-state index contributed by atoms with van der Waals surface area (Å²) in [5.41, 5.74) is 3.30. The molecule has 0 saturated carbocycles. The van der Waals surface area contributed by atoms with Crippen LogP contribution >= 0.6 is 0 Å². The van der Waals surface area contributed by atoms with Gasteiger partial charge >= 0.3 is 0 Å². The van der Waals surface area contributed by atoms with E-state index < -0.39 is 0 Å². The number of oxime groups is 1. The molecule has 2 aromatic carbocycles. The lowest BCUT2D eigenvalue weighted by atomic mass is 10.1. The van der Waals surface area contributed by atoms with E-state index in [2.05, 4.69) is 17.3 Å². The van der Waals surface area contributed by atoms with Crippen LogP contribution in [0.15, 0.2) is 65.8 Å². The zero-order valence-electron chi connectivity index (χ0n) is 11.0. The van der Waals surface area contributed by atoms with E-state index in [1.54, 1.807) is 6.21 Å². The molecule has 0 N–H and O–H groups in total. The van der Waals surface area contributed by atoms with Gasteiger partial charge in [0.25, 0.3) is 0 Å². The van der Waals surface area contributed by atoms with Gasteiger partial charge in [0.2, 0.25) is 0 Å². The molecule has 2 aromatic rings. The first-order valence-corrected chi connectivity index (χ1v) is 6.31. The second kappa shape index (κ2) is 7.17. The van der Waals surface area contributed by atoms with Crippen molar-refractivity contribution in [3.05, 3.63) is 77.4 Å². The molecule has 0 radical (unpaired) electrons. The summed E-state index contributed by atoms with van der Waals surface area (Å²) in [7, 11) is 0. The largest absolute Gasteiger partial charge is 0.391 e. The van der Waals surface area contributed by atoms with Crippen molar-refractivity contribution in [3.8, 4) is 0 Å². The Balaban J connectivity index is 1.96. The van der Waals surface area contributed by atoms with Gasteiger partial charge in [-0.1, -0.05) is 71.9 Å². The van der Waals surface area contributed by atoms with Gasteiger partial charge in [0.05, 0.1) is 6.21 Å². The smallest absolute Gasteiger partial charge is 0.142 e. The summed E-state index contributed by atoms with van der Waals surface area (Å²) in [5.74, 6) is 0. The Labute approximate surface area is 114 Å². The van der Waals surface area contributed by atoms with E-state index in [-0.39, 0.29) is 0 Å². The maximum Gasteiger partial charge on any atom is 0.142 e. The highest BCUT2D eigenvalue weighted by Crippen LogP contribution is 2.08. The summed E-state index contributed by atoms with van der Waals surface area (Å²) in [6.45, 7) is 2.49. The predicted octanol–water partition coefficient (Wildman–Crippen LogP) is 4.27. The van der Waals surface area contributed by atoms with Crippen molar-refractivity contribution in [2.75, 3.05) is 0 Å². The molecule has 0 fully saturated rings. The minimum absolute atomic E-state index is 0.489. The fourth-order valence-corrected chi connectivity index (χ4v) is 1.74. The average Bonchev–Trinajstić information content (AvgIpc) is 2.47. The van der Waals surface area contributed by atoms with Gasteiger partial charge in [-0.3, -0.25) is 0 Å². The monoisotopic (exact) mass is 251 g/mol. The van der Waals surface area contributed by atoms with Gasteiger partial charge in [0.1, 0.15) is 6.61 Å². The minimum atomic E-state index is 0.489. The average molecular weight is 251 g/mol. The lowest BCUT2D eigenvalue weighted by molar-refractivity contribution is 0.132. The molecule has 0 aliphatic rings. The van der Waals surface area contributed by atoms with Gasteiger partial charge in [0, 0.05) is 5.56 Å². The second-order valence-corrected chi connectivity index (χ2v) is 4.12. The third-order valence-electron chi connectivity index (χ3n) is 2.68. The molecule has 0 spiro atoms. The van der Waals surface area contributed by atoms with Gasteiger partial charge in [-0.15, -0.1) is 0 Å². The Bertz CT molecular complexity index is 558. The Kier molecular flexibility index (Phi) is 4.94. The van der Waals surface area contributed by atoms with Crippen LogP contribution in [0.2, 0.25) is 0 Å². The van der Waals surface area contributed by atoms with E-state index in [4.69, 9.17) is 4.84 Å². The molecule has 19 heavy (non-hydrogen) atoms. The molecule has 0 aromatic heterocycles. The normalized spacial score (nSPS) is 11.2. The van der Waals surface area contributed by atoms with Crippen molar-refractivity contribution < 1.29 is 4.84 Å². The molecule has 2 nitrogen and oxygen atoms in total. The Morgan fingerprint density at radius 2 is 1.63 bits per heavy atom. The Hall–Kier alpha value is -2.35. The fraction of sp³-hybridized carbons (Fsp3) is 0.118. The Morgan fingerprint density at radius 3 is 2.37 bits per heavy atom. The lowest BCUT2D eigenvalue weighted by Gasteiger charge is -2.01. The van der Waals surface area contributed by atoms with Crippen molar-refractivity contribution in [1.82, 2.24) is 0 Å². The van der Waals surface area contributed by atoms with Crippen LogP contribution in [-0.2, 0) is 11.4 Å². The highest BCUT2D eigenvalue weighted by molar-refractivity contribution is 5.85. The van der Waals surface area contributed by atoms with Crippen LogP contribution < -0.4 is 0 Å². The molecule has 0 aliphatic carbocycles. The molecule has 0 heterocycles. The third-order valence-corrected chi connectivity index (χ3v) is 2.68. The van der Waals surface area contributed by atoms with Gasteiger partial charge < -0.3 is 4.84 Å². The molecule has 0 saturated heterocycles. The second-order valence-electron chi connectivity index (χ2n) is 4.12. The van der Waals surface area contributed by atoms with Crippen molar-refractivity contribution >= 4 is 12.3 Å². The summed E-state index contributed by atoms with van der Waals surface area (Å²) in [6.07, 6.45) is 5.81. The van der Waals surface area contributed by atoms with Crippen molar-refractivity contribution in [1.29, 1.82) is 0 Å². The first-order chi connectivity index (χ1) is 9.40. The van der Waals surface area contributed by atoms with E-state index in [0.29, 0.717) is 6.61 Å². The lowest BCUT2D eigenvalue weighted by Crippen LogP contribution is -1.89. The minimum Gasteiger partial charge on any atom is -0.391 e. The first kappa shape index (κ1) is 13.1. The van der Waals surface area contributed by atoms with Crippen LogP contribution in [0.3, 0.4) is 0 Å². The number of hydrogen-bond acceptors (Lipinski definition) is 2. The number of benzene rings is 2. The maximum absolute atomic E-state index is 5.30. The van der Waals surface area contributed by atoms with Gasteiger partial charge in [-0.05, 0) is 18.1 Å². The van der Waals surface area contributed by atoms with Crippen molar-refractivity contribution in [2.24, 2.45) is 5.16 Å². The third kappa shape index (κ3) is 4.11. The Morgan fingerprint density at radius 1 is 0.947 bits per heavy atom. The van der Waals surface area contributed by atoms with E-state index >= 15 is 0 Å². The van der Waals surface area contributed by atoms with E-state index in [0.717, 1.165) is 16.7 Å². The van der Waals surface area contributed by atoms with E-state index in [9.17, 15) is 0 Å². The maximum atomic E-state index is 5.30. The highest BCUT2D eigenvalue weighted by Gasteiger charge is 1.94. The van der Waals surface area contributed by atoms with E-state index in [1.807, 2.05) is 61.5 Å². The van der Waals surface area contributed by atoms with Gasteiger partial charge in [0.15, 0.2) is 0 Å². The molecule has 2 heteroatoms. The molecule has 0 amide bonds. The number of rotatable bonds is 5. The van der Waals surface area contributed by atoms with Crippen LogP contribution in [0.25, 0.3) is 6.08 Å². The summed E-state index contributed by atoms with van der Waals surface area (Å²) in [6, 6.07) is 18.1. The zero-order chi connectivity index (χ0) is 13.3. The highest BCUT2D eigenvalue weighted by atomic mass is 16.6. The number of hydrogen-bond donors (Lipinski definition) is 0. The molecule has 0 unspecified atom stereocenters. The summed E-state index contributed by atoms with van der Waals surface area (Å²) >= 11 is 0. The molecule has 0 bridgehead atoms. The summed E-state index contributed by atoms with van der Waals surface area (Å²) in [5, 5.41) is 4.02. The van der Waals surface area contributed by atoms with Crippen molar-refractivity contribution in [2.45, 2.75) is 13.5 Å². The standard InChI is InChI=1S/C17H17NO/c1-2-8-16-11-6-7-12-17(16)13-18-19-14-15-9-4-3-5-10-15/h2-13H,14H2,1H3/b8-2+,18-13+. The summed E-state index contributed by atoms with van der Waals surface area (Å²) in [4.78, 5) is 5.30. The molecule has 0 aliphatic heterocycles. The van der Waals surface area contributed by atoms with E-state index in [1.165, 1.54) is 0 Å². The molecule has 0 atom stereocenters. The van der Waals surface area contributed by atoms with Crippen LogP contribution in [-0.4, -0.2) is 6.21 Å². The van der Waals surface area contributed by atoms with Crippen LogP contribution in [0.1, 0.15) is 23.6 Å². The SMILES string of the molecule is C/C=C/c1ccccc1/C=N/OCc1ccccc1. The molecular weight excluding hydrogens is 234 g/mol. The molecule has 96 valence electrons. The van der Waals surface area contributed by atoms with Gasteiger partial charge in [-0.2, -0.15) is 0 Å². The quantitative estimate of drug-likeness (QED) is 0.574. The molecular formula is C17H17NO. The first-order valence-electron chi connectivity index (χ1n) is 6.31. The van der Waals surface area contributed by atoms with Crippen LogP contribution in [0.5, 0.6) is 0 Å². The summed E-state index contributed by atoms with van der Waals surface area (Å²) < 4.78 is 0. The topological polar surface area (TPSA) is 21.6 Å². The number of allylic oxidation sites excluding steroid dienone is 1. The van der Waals surface area contributed by atoms with Gasteiger partial charge in [-0.25, -0.2) is 0 Å². The van der Waals surface area contributed by atoms with Crippen molar-refractivity contribution in [3.63, 3.8) is 0 Å².